The van der Waals surface area contributed by atoms with Crippen LogP contribution in [-0.2, 0) is 4.79 Å². The van der Waals surface area contributed by atoms with Gasteiger partial charge in [-0.1, -0.05) is 0 Å². The van der Waals surface area contributed by atoms with E-state index in [2.05, 4.69) is 0 Å². The molecule has 0 saturated carbocycles. The minimum Gasteiger partial charge on any atom is -0.324 e. The molecule has 1 aliphatic heterocycles. The van der Waals surface area contributed by atoms with Crippen LogP contribution in [0.25, 0.3) is 0 Å². The van der Waals surface area contributed by atoms with E-state index in [0.29, 0.717) is 0 Å². The third kappa shape index (κ3) is 1.18. The lowest BCUT2D eigenvalue weighted by Gasteiger charge is -2.30. The third-order valence-electron chi connectivity index (χ3n) is 1.65. The van der Waals surface area contributed by atoms with Gasteiger partial charge in [0.2, 0.25) is 0 Å². The summed E-state index contributed by atoms with van der Waals surface area (Å²) < 4.78 is 12.7. The lowest BCUT2D eigenvalue weighted by molar-refractivity contribution is -0.135. The number of alkyl halides is 1. The number of imide groups is 1. The van der Waals surface area contributed by atoms with Gasteiger partial charge in [0.1, 0.15) is 0 Å². The summed E-state index contributed by atoms with van der Waals surface area (Å²) in [5.74, 6) is -0.756. The van der Waals surface area contributed by atoms with Crippen molar-refractivity contribution >= 4 is 11.9 Å². The monoisotopic (exact) mass is 160 g/mol. The van der Waals surface area contributed by atoms with Crippen LogP contribution in [0.2, 0.25) is 0 Å². The van der Waals surface area contributed by atoms with Crippen molar-refractivity contribution in [1.82, 2.24) is 9.80 Å². The van der Waals surface area contributed by atoms with Crippen molar-refractivity contribution in [2.75, 3.05) is 20.6 Å². The van der Waals surface area contributed by atoms with Crippen molar-refractivity contribution in [3.8, 4) is 0 Å². The van der Waals surface area contributed by atoms with E-state index in [1.54, 1.807) is 0 Å². The minimum atomic E-state index is -1.57. The molecule has 0 radical (unpaired) electrons. The van der Waals surface area contributed by atoms with E-state index in [1.165, 1.54) is 19.0 Å². The van der Waals surface area contributed by atoms with Crippen molar-refractivity contribution in [3.63, 3.8) is 0 Å². The smallest absolute Gasteiger partial charge is 0.324 e. The number of rotatable bonds is 0. The van der Waals surface area contributed by atoms with Gasteiger partial charge in [0, 0.05) is 14.1 Å². The van der Waals surface area contributed by atoms with Crippen molar-refractivity contribution in [2.45, 2.75) is 6.17 Å². The second-order valence-corrected chi connectivity index (χ2v) is 2.53. The molecule has 1 heterocycles. The molecular formula is C6H9FN2O2. The zero-order valence-corrected chi connectivity index (χ0v) is 6.37. The molecule has 0 aromatic carbocycles. The topological polar surface area (TPSA) is 40.6 Å². The Morgan fingerprint density at radius 3 is 2.55 bits per heavy atom. The van der Waals surface area contributed by atoms with E-state index in [4.69, 9.17) is 0 Å². The van der Waals surface area contributed by atoms with Crippen LogP contribution < -0.4 is 0 Å². The van der Waals surface area contributed by atoms with Crippen LogP contribution in [-0.4, -0.2) is 48.5 Å². The SMILES string of the molecule is CN1CC(F)C(=O)N(C)C1=O. The summed E-state index contributed by atoms with van der Waals surface area (Å²) in [6.45, 7) is -0.137. The van der Waals surface area contributed by atoms with E-state index in [1.807, 2.05) is 0 Å². The predicted molar refractivity (Wildman–Crippen MR) is 35.7 cm³/mol. The number of halogens is 1. The summed E-state index contributed by atoms with van der Waals surface area (Å²) in [7, 11) is 2.73. The highest BCUT2D eigenvalue weighted by Gasteiger charge is 2.34. The fourth-order valence-corrected chi connectivity index (χ4v) is 0.957. The summed E-state index contributed by atoms with van der Waals surface area (Å²) in [6, 6.07) is -0.455. The van der Waals surface area contributed by atoms with Crippen LogP contribution in [0, 0.1) is 0 Å². The zero-order chi connectivity index (χ0) is 8.59. The summed E-state index contributed by atoms with van der Waals surface area (Å²) in [5, 5.41) is 0. The normalized spacial score (nSPS) is 26.3. The van der Waals surface area contributed by atoms with E-state index in [9.17, 15) is 14.0 Å². The van der Waals surface area contributed by atoms with Crippen LogP contribution >= 0.6 is 0 Å². The molecule has 0 bridgehead atoms. The summed E-state index contributed by atoms with van der Waals surface area (Å²) in [4.78, 5) is 23.7. The third-order valence-corrected chi connectivity index (χ3v) is 1.65. The maximum absolute atomic E-state index is 12.7. The second kappa shape index (κ2) is 2.48. The molecule has 1 unspecified atom stereocenters. The van der Waals surface area contributed by atoms with Gasteiger partial charge in [-0.15, -0.1) is 0 Å². The molecule has 1 fully saturated rings. The van der Waals surface area contributed by atoms with Gasteiger partial charge in [0.05, 0.1) is 6.54 Å². The van der Waals surface area contributed by atoms with Gasteiger partial charge in [-0.2, -0.15) is 0 Å². The molecule has 1 saturated heterocycles. The molecule has 0 aromatic heterocycles. The number of urea groups is 1. The Kier molecular flexibility index (Phi) is 1.80. The first-order chi connectivity index (χ1) is 5.04. The fourth-order valence-electron chi connectivity index (χ4n) is 0.957. The molecule has 1 rings (SSSR count). The van der Waals surface area contributed by atoms with Crippen molar-refractivity contribution in [3.05, 3.63) is 0 Å². The van der Waals surface area contributed by atoms with E-state index in [-0.39, 0.29) is 6.54 Å². The summed E-state index contributed by atoms with van der Waals surface area (Å²) in [5.41, 5.74) is 0. The van der Waals surface area contributed by atoms with Gasteiger partial charge >= 0.3 is 6.03 Å². The van der Waals surface area contributed by atoms with Crippen molar-refractivity contribution in [1.29, 1.82) is 0 Å². The Morgan fingerprint density at radius 1 is 1.45 bits per heavy atom. The van der Waals surface area contributed by atoms with Gasteiger partial charge < -0.3 is 4.90 Å². The Bertz CT molecular complexity index is 187. The van der Waals surface area contributed by atoms with Crippen molar-refractivity contribution in [2.24, 2.45) is 0 Å². The molecule has 5 heteroatoms. The predicted octanol–water partition coefficient (Wildman–Crippen LogP) is -0.152. The lowest BCUT2D eigenvalue weighted by atomic mass is 10.3. The van der Waals surface area contributed by atoms with Gasteiger partial charge in [0.15, 0.2) is 6.17 Å². The average molecular weight is 160 g/mol. The highest BCUT2D eigenvalue weighted by Crippen LogP contribution is 2.09. The molecule has 0 aliphatic carbocycles. The van der Waals surface area contributed by atoms with E-state index in [0.717, 1.165) is 4.90 Å². The standard InChI is InChI=1S/C6H9FN2O2/c1-8-3-4(7)5(10)9(2)6(8)11/h4H,3H2,1-2H3. The van der Waals surface area contributed by atoms with Crippen LogP contribution in [0.4, 0.5) is 9.18 Å². The molecule has 0 N–H and O–H groups in total. The Labute approximate surface area is 63.6 Å². The van der Waals surface area contributed by atoms with Gasteiger partial charge in [-0.3, -0.25) is 9.69 Å². The van der Waals surface area contributed by atoms with Gasteiger partial charge in [-0.05, 0) is 0 Å². The molecule has 3 amide bonds. The zero-order valence-electron chi connectivity index (χ0n) is 6.37. The minimum absolute atomic E-state index is 0.137. The van der Waals surface area contributed by atoms with Crippen LogP contribution in [0.3, 0.4) is 0 Å². The average Bonchev–Trinajstić information content (AvgIpc) is 1.97. The quantitative estimate of drug-likeness (QED) is 0.494. The summed E-state index contributed by atoms with van der Waals surface area (Å²) >= 11 is 0. The lowest BCUT2D eigenvalue weighted by Crippen LogP contribution is -2.54. The summed E-state index contributed by atoms with van der Waals surface area (Å²) in [6.07, 6.45) is -1.57. The first-order valence-corrected chi connectivity index (χ1v) is 3.20. The Morgan fingerprint density at radius 2 is 2.00 bits per heavy atom. The van der Waals surface area contributed by atoms with E-state index < -0.39 is 18.1 Å². The molecule has 11 heavy (non-hydrogen) atoms. The molecule has 0 spiro atoms. The van der Waals surface area contributed by atoms with Crippen LogP contribution in [0.15, 0.2) is 0 Å². The number of hydrogen-bond donors (Lipinski definition) is 0. The molecule has 0 aromatic rings. The maximum Gasteiger partial charge on any atom is 0.326 e. The number of carbonyl (C=O) groups is 2. The number of hydrogen-bond acceptors (Lipinski definition) is 2. The van der Waals surface area contributed by atoms with Crippen molar-refractivity contribution < 1.29 is 14.0 Å². The number of amides is 3. The fraction of sp³-hybridized carbons (Fsp3) is 0.667. The number of nitrogens with zero attached hydrogens (tertiary/aromatic N) is 2. The largest absolute Gasteiger partial charge is 0.326 e. The Balaban J connectivity index is 2.79. The van der Waals surface area contributed by atoms with Gasteiger partial charge in [0.25, 0.3) is 5.91 Å². The van der Waals surface area contributed by atoms with Crippen LogP contribution in [0.1, 0.15) is 0 Å². The molecular weight excluding hydrogens is 151 g/mol. The maximum atomic E-state index is 12.7. The first kappa shape index (κ1) is 7.97. The van der Waals surface area contributed by atoms with Crippen LogP contribution in [0.5, 0.6) is 0 Å². The highest BCUT2D eigenvalue weighted by molar-refractivity contribution is 5.98. The molecule has 4 nitrogen and oxygen atoms in total. The number of carbonyl (C=O) groups excluding carboxylic acids is 2. The first-order valence-electron chi connectivity index (χ1n) is 3.20. The highest BCUT2D eigenvalue weighted by atomic mass is 19.1. The molecule has 62 valence electrons. The molecule has 1 atom stereocenters. The second-order valence-electron chi connectivity index (χ2n) is 2.53. The molecule has 1 aliphatic rings. The Hall–Kier alpha value is -1.13. The van der Waals surface area contributed by atoms with Gasteiger partial charge in [-0.25, -0.2) is 9.18 Å². The van der Waals surface area contributed by atoms with E-state index >= 15 is 0 Å².